The zero-order valence-corrected chi connectivity index (χ0v) is 14.3. The fourth-order valence-corrected chi connectivity index (χ4v) is 3.83. The Kier molecular flexibility index (Phi) is 3.50. The van der Waals surface area contributed by atoms with E-state index in [4.69, 9.17) is 4.52 Å². The summed E-state index contributed by atoms with van der Waals surface area (Å²) in [5, 5.41) is 4.74. The van der Waals surface area contributed by atoms with Gasteiger partial charge in [0.05, 0.1) is 9.95 Å². The minimum absolute atomic E-state index is 0.206. The fourth-order valence-electron chi connectivity index (χ4n) is 2.41. The van der Waals surface area contributed by atoms with Gasteiger partial charge >= 0.3 is 0 Å². The number of halogens is 1. The van der Waals surface area contributed by atoms with Crippen LogP contribution in [0.1, 0.15) is 12.8 Å². The topological polar surface area (TPSA) is 80.7 Å². The predicted molar refractivity (Wildman–Crippen MR) is 92.0 cm³/mol. The maximum atomic E-state index is 11.9. The van der Waals surface area contributed by atoms with Gasteiger partial charge in [0.15, 0.2) is 0 Å². The largest absolute Gasteiger partial charge is 0.333 e. The Morgan fingerprint density at radius 2 is 2.04 bits per heavy atom. The van der Waals surface area contributed by atoms with Gasteiger partial charge < -0.3 is 4.52 Å². The average molecular weight is 389 g/mol. The van der Waals surface area contributed by atoms with Gasteiger partial charge in [-0.15, -0.1) is 0 Å². The van der Waals surface area contributed by atoms with E-state index in [1.165, 1.54) is 18.1 Å². The van der Waals surface area contributed by atoms with Gasteiger partial charge in [0.25, 0.3) is 11.8 Å². The van der Waals surface area contributed by atoms with Crippen molar-refractivity contribution in [1.29, 1.82) is 0 Å². The first-order valence-corrected chi connectivity index (χ1v) is 8.37. The molecule has 0 radical (unpaired) electrons. The van der Waals surface area contributed by atoms with E-state index < -0.39 is 5.92 Å². The van der Waals surface area contributed by atoms with Gasteiger partial charge in [-0.2, -0.15) is 4.98 Å². The maximum absolute atomic E-state index is 11.9. The Labute approximate surface area is 143 Å². The summed E-state index contributed by atoms with van der Waals surface area (Å²) in [6.07, 6.45) is 1.29. The Balaban J connectivity index is 1.70. The van der Waals surface area contributed by atoms with Crippen LogP contribution in [-0.2, 0) is 4.79 Å². The molecule has 0 bridgehead atoms. The van der Waals surface area contributed by atoms with Crippen molar-refractivity contribution < 1.29 is 9.32 Å². The number of aromatic nitrogens is 2. The molecule has 0 N–H and O–H groups in total. The van der Waals surface area contributed by atoms with Crippen molar-refractivity contribution in [1.82, 2.24) is 10.1 Å². The number of hydrogen-bond acceptors (Lipinski definition) is 6. The van der Waals surface area contributed by atoms with Crippen molar-refractivity contribution in [2.75, 3.05) is 0 Å². The minimum Gasteiger partial charge on any atom is -0.333 e. The van der Waals surface area contributed by atoms with Crippen molar-refractivity contribution in [3.8, 4) is 11.4 Å². The monoisotopic (exact) mass is 388 g/mol. The molecule has 2 aromatic rings. The lowest BCUT2D eigenvalue weighted by Gasteiger charge is -2.09. The van der Waals surface area contributed by atoms with E-state index in [0.29, 0.717) is 16.8 Å². The average Bonchev–Trinajstić information content (AvgIpc) is 3.14. The quantitative estimate of drug-likeness (QED) is 0.785. The zero-order chi connectivity index (χ0) is 16.0. The van der Waals surface area contributed by atoms with Crippen LogP contribution in [-0.4, -0.2) is 27.4 Å². The lowest BCUT2D eigenvalue weighted by molar-refractivity contribution is -0.118. The van der Waals surface area contributed by atoms with E-state index in [-0.39, 0.29) is 5.91 Å². The van der Waals surface area contributed by atoms with Crippen molar-refractivity contribution in [3.63, 3.8) is 0 Å². The lowest BCUT2D eigenvalue weighted by atomic mass is 10.0. The second kappa shape index (κ2) is 5.54. The first-order valence-electron chi connectivity index (χ1n) is 6.76. The van der Waals surface area contributed by atoms with Crippen molar-refractivity contribution in [3.05, 3.63) is 40.2 Å². The molecular formula is C15H9BrN4O2S. The molecule has 4 rings (SSSR count). The van der Waals surface area contributed by atoms with Crippen LogP contribution in [0.5, 0.6) is 0 Å². The SMILES string of the molecule is CC1=C(c2nc(-c3ccc(Br)cc3)no2)SC2=NC=NC(=O)C21. The predicted octanol–water partition coefficient (Wildman–Crippen LogP) is 3.56. The lowest BCUT2D eigenvalue weighted by Crippen LogP contribution is -2.21. The van der Waals surface area contributed by atoms with Gasteiger partial charge in [-0.3, -0.25) is 4.79 Å². The molecule has 6 nitrogen and oxygen atoms in total. The van der Waals surface area contributed by atoms with Crippen molar-refractivity contribution in [2.24, 2.45) is 15.9 Å². The van der Waals surface area contributed by atoms with Crippen molar-refractivity contribution >= 4 is 49.9 Å². The number of hydrogen-bond donors (Lipinski definition) is 0. The van der Waals surface area contributed by atoms with Gasteiger partial charge in [0, 0.05) is 10.0 Å². The summed E-state index contributed by atoms with van der Waals surface area (Å²) in [6.45, 7) is 1.87. The van der Waals surface area contributed by atoms with E-state index in [9.17, 15) is 4.79 Å². The highest BCUT2D eigenvalue weighted by Gasteiger charge is 2.38. The maximum Gasteiger partial charge on any atom is 0.265 e. The van der Waals surface area contributed by atoms with E-state index in [1.807, 2.05) is 31.2 Å². The van der Waals surface area contributed by atoms with Crippen LogP contribution in [0.15, 0.2) is 48.8 Å². The Morgan fingerprint density at radius 1 is 1.26 bits per heavy atom. The molecule has 1 unspecified atom stereocenters. The molecule has 3 heterocycles. The van der Waals surface area contributed by atoms with E-state index in [2.05, 4.69) is 36.1 Å². The number of aliphatic imine (C=N–C) groups is 2. The minimum atomic E-state index is -0.414. The van der Waals surface area contributed by atoms with Crippen LogP contribution in [0.2, 0.25) is 0 Å². The number of nitrogens with zero attached hydrogens (tertiary/aromatic N) is 4. The smallest absolute Gasteiger partial charge is 0.265 e. The van der Waals surface area contributed by atoms with Crippen LogP contribution in [0.4, 0.5) is 0 Å². The van der Waals surface area contributed by atoms with Crippen LogP contribution in [0.3, 0.4) is 0 Å². The first-order chi connectivity index (χ1) is 11.1. The third kappa shape index (κ3) is 2.47. The molecule has 1 aromatic carbocycles. The summed E-state index contributed by atoms with van der Waals surface area (Å²) in [4.78, 5) is 25.1. The molecule has 1 amide bonds. The highest BCUT2D eigenvalue weighted by Crippen LogP contribution is 2.45. The van der Waals surface area contributed by atoms with E-state index in [0.717, 1.165) is 20.5 Å². The Hall–Kier alpha value is -2.06. The van der Waals surface area contributed by atoms with Crippen LogP contribution in [0, 0.1) is 5.92 Å². The molecule has 2 aliphatic rings. The van der Waals surface area contributed by atoms with Gasteiger partial charge in [0.2, 0.25) is 5.82 Å². The number of fused-ring (bicyclic) bond motifs is 1. The van der Waals surface area contributed by atoms with E-state index in [1.54, 1.807) is 0 Å². The van der Waals surface area contributed by atoms with Crippen LogP contribution in [0.25, 0.3) is 16.3 Å². The molecule has 0 aliphatic carbocycles. The summed E-state index contributed by atoms with van der Waals surface area (Å²) in [6, 6.07) is 7.64. The number of benzene rings is 1. The van der Waals surface area contributed by atoms with Crippen molar-refractivity contribution in [2.45, 2.75) is 6.92 Å². The molecule has 0 saturated carbocycles. The highest BCUT2D eigenvalue weighted by atomic mass is 79.9. The molecule has 0 saturated heterocycles. The van der Waals surface area contributed by atoms with E-state index >= 15 is 0 Å². The summed E-state index contributed by atoms with van der Waals surface area (Å²) in [5.74, 6) is 0.286. The normalized spacial score (nSPS) is 20.0. The molecule has 2 aliphatic heterocycles. The second-order valence-corrected chi connectivity index (χ2v) is 6.97. The Bertz CT molecular complexity index is 898. The summed E-state index contributed by atoms with van der Waals surface area (Å²) in [5.41, 5.74) is 1.71. The highest BCUT2D eigenvalue weighted by molar-refractivity contribution is 9.10. The molecular weight excluding hydrogens is 380 g/mol. The molecule has 1 aromatic heterocycles. The molecule has 8 heteroatoms. The number of amides is 1. The number of carbonyl (C=O) groups excluding carboxylic acids is 1. The summed E-state index contributed by atoms with van der Waals surface area (Å²) in [7, 11) is 0. The first kappa shape index (κ1) is 14.5. The van der Waals surface area contributed by atoms with Gasteiger partial charge in [-0.25, -0.2) is 9.98 Å². The number of rotatable bonds is 2. The van der Waals surface area contributed by atoms with Crippen LogP contribution >= 0.6 is 27.7 Å². The molecule has 1 atom stereocenters. The standard InChI is InChI=1S/C15H9BrN4O2S/c1-7-10-13(21)17-6-18-15(10)23-11(7)14-19-12(20-22-14)8-2-4-9(16)5-3-8/h2-6,10H,1H3. The molecule has 23 heavy (non-hydrogen) atoms. The molecule has 0 fully saturated rings. The van der Waals surface area contributed by atoms with Gasteiger partial charge in [0.1, 0.15) is 12.3 Å². The number of carbonyl (C=O) groups is 1. The van der Waals surface area contributed by atoms with Gasteiger partial charge in [-0.05, 0) is 36.8 Å². The second-order valence-electron chi connectivity index (χ2n) is 5.03. The Morgan fingerprint density at radius 3 is 2.78 bits per heavy atom. The third-order valence-electron chi connectivity index (χ3n) is 3.58. The molecule has 114 valence electrons. The third-order valence-corrected chi connectivity index (χ3v) is 5.36. The fraction of sp³-hybridized carbons (Fsp3) is 0.133. The summed E-state index contributed by atoms with van der Waals surface area (Å²) < 4.78 is 6.37. The zero-order valence-electron chi connectivity index (χ0n) is 11.9. The van der Waals surface area contributed by atoms with Crippen LogP contribution < -0.4 is 0 Å². The number of thioether (sulfide) groups is 1. The molecule has 0 spiro atoms. The van der Waals surface area contributed by atoms with Gasteiger partial charge in [-0.1, -0.05) is 32.8 Å². The summed E-state index contributed by atoms with van der Waals surface area (Å²) >= 11 is 4.78.